The number of carbonyl (C=O) groups excluding carboxylic acids is 1. The van der Waals surface area contributed by atoms with Crippen molar-refractivity contribution in [3.05, 3.63) is 17.5 Å². The van der Waals surface area contributed by atoms with E-state index in [9.17, 15) is 4.79 Å². The van der Waals surface area contributed by atoms with Gasteiger partial charge in [-0.15, -0.1) is 0 Å². The number of aromatic nitrogens is 1. The number of amides is 1. The van der Waals surface area contributed by atoms with Crippen molar-refractivity contribution in [2.45, 2.75) is 27.2 Å². The predicted octanol–water partition coefficient (Wildman–Crippen LogP) is 1.26. The van der Waals surface area contributed by atoms with Crippen LogP contribution < -0.4 is 10.9 Å². The first kappa shape index (κ1) is 11.7. The predicted molar refractivity (Wildman–Crippen MR) is 56.2 cm³/mol. The van der Waals surface area contributed by atoms with Crippen LogP contribution in [-0.2, 0) is 0 Å². The topological polar surface area (TPSA) is 67.2 Å². The Morgan fingerprint density at radius 2 is 2.33 bits per heavy atom. The molecular weight excluding hydrogens is 194 g/mol. The number of carbonyl (C=O) groups is 1. The molecule has 0 bridgehead atoms. The molecule has 0 saturated carbocycles. The Labute approximate surface area is 89.2 Å². The quantitative estimate of drug-likeness (QED) is 0.568. The fraction of sp³-hybridized carbons (Fsp3) is 0.600. The Hall–Kier alpha value is -1.36. The normalized spacial score (nSPS) is 10.7. The highest BCUT2D eigenvalue weighted by atomic mass is 16.5. The Kier molecular flexibility index (Phi) is 4.30. The zero-order chi connectivity index (χ0) is 11.3. The van der Waals surface area contributed by atoms with E-state index in [0.717, 1.165) is 13.0 Å². The molecule has 0 aliphatic rings. The highest BCUT2D eigenvalue weighted by Crippen LogP contribution is 2.00. The number of nitrogens with zero attached hydrogens (tertiary/aromatic N) is 1. The number of hydrogen-bond acceptors (Lipinski definition) is 4. The van der Waals surface area contributed by atoms with E-state index in [1.807, 2.05) is 0 Å². The van der Waals surface area contributed by atoms with Crippen LogP contribution in [0.15, 0.2) is 10.6 Å². The molecule has 5 heteroatoms. The highest BCUT2D eigenvalue weighted by molar-refractivity contribution is 5.91. The third-order valence-corrected chi connectivity index (χ3v) is 1.91. The summed E-state index contributed by atoms with van der Waals surface area (Å²) in [5.74, 6) is 0.974. The van der Waals surface area contributed by atoms with Crippen LogP contribution >= 0.6 is 0 Å². The van der Waals surface area contributed by atoms with Crippen LogP contribution in [0.4, 0.5) is 0 Å². The van der Waals surface area contributed by atoms with E-state index in [1.165, 1.54) is 0 Å². The van der Waals surface area contributed by atoms with Crippen LogP contribution in [-0.4, -0.2) is 17.6 Å². The third kappa shape index (κ3) is 4.12. The fourth-order valence-electron chi connectivity index (χ4n) is 1.04. The molecule has 0 radical (unpaired) electrons. The van der Waals surface area contributed by atoms with Crippen molar-refractivity contribution >= 4 is 5.91 Å². The minimum Gasteiger partial charge on any atom is -0.361 e. The van der Waals surface area contributed by atoms with Gasteiger partial charge >= 0.3 is 0 Å². The summed E-state index contributed by atoms with van der Waals surface area (Å²) in [7, 11) is 0. The molecule has 0 fully saturated rings. The molecule has 1 amide bonds. The zero-order valence-electron chi connectivity index (χ0n) is 9.33. The number of aryl methyl sites for hydroxylation is 1. The molecular formula is C10H17N3O2. The van der Waals surface area contributed by atoms with Gasteiger partial charge in [-0.3, -0.25) is 10.2 Å². The van der Waals surface area contributed by atoms with Gasteiger partial charge in [-0.25, -0.2) is 5.43 Å². The van der Waals surface area contributed by atoms with Crippen LogP contribution in [0.5, 0.6) is 0 Å². The molecule has 1 aromatic rings. The van der Waals surface area contributed by atoms with E-state index in [1.54, 1.807) is 13.0 Å². The summed E-state index contributed by atoms with van der Waals surface area (Å²) in [6, 6.07) is 1.60. The van der Waals surface area contributed by atoms with Gasteiger partial charge < -0.3 is 4.52 Å². The minimum atomic E-state index is -0.268. The lowest BCUT2D eigenvalue weighted by Gasteiger charge is -2.06. The van der Waals surface area contributed by atoms with Gasteiger partial charge in [0.1, 0.15) is 5.76 Å². The lowest BCUT2D eigenvalue weighted by molar-refractivity contribution is 0.0923. The second kappa shape index (κ2) is 5.50. The second-order valence-electron chi connectivity index (χ2n) is 3.89. The van der Waals surface area contributed by atoms with Crippen LogP contribution in [0, 0.1) is 12.8 Å². The van der Waals surface area contributed by atoms with Gasteiger partial charge in [0.2, 0.25) is 0 Å². The number of nitrogens with one attached hydrogen (secondary N) is 2. The molecule has 0 unspecified atom stereocenters. The molecule has 2 N–H and O–H groups in total. The van der Waals surface area contributed by atoms with Gasteiger partial charge in [-0.05, 0) is 19.3 Å². The van der Waals surface area contributed by atoms with Crippen molar-refractivity contribution in [1.82, 2.24) is 16.0 Å². The molecule has 0 aliphatic heterocycles. The molecule has 1 aromatic heterocycles. The van der Waals surface area contributed by atoms with Crippen LogP contribution in [0.25, 0.3) is 0 Å². The standard InChI is InChI=1S/C10H17N3O2/c1-7(2)4-5-11-12-10(14)9-6-8(3)15-13-9/h6-7,11H,4-5H2,1-3H3,(H,12,14). The molecule has 5 nitrogen and oxygen atoms in total. The first-order chi connectivity index (χ1) is 7.09. The maximum absolute atomic E-state index is 11.4. The minimum absolute atomic E-state index is 0.268. The van der Waals surface area contributed by atoms with Gasteiger partial charge in [0.05, 0.1) is 0 Å². The molecule has 0 saturated heterocycles. The summed E-state index contributed by atoms with van der Waals surface area (Å²) < 4.78 is 4.79. The average Bonchev–Trinajstić information content (AvgIpc) is 2.59. The summed E-state index contributed by atoms with van der Waals surface area (Å²) >= 11 is 0. The van der Waals surface area contributed by atoms with Crippen molar-refractivity contribution in [3.8, 4) is 0 Å². The largest absolute Gasteiger partial charge is 0.361 e. The highest BCUT2D eigenvalue weighted by Gasteiger charge is 2.09. The van der Waals surface area contributed by atoms with Crippen LogP contribution in [0.1, 0.15) is 36.5 Å². The monoisotopic (exact) mass is 211 g/mol. The lowest BCUT2D eigenvalue weighted by Crippen LogP contribution is -2.38. The van der Waals surface area contributed by atoms with Crippen molar-refractivity contribution < 1.29 is 9.32 Å². The fourth-order valence-corrected chi connectivity index (χ4v) is 1.04. The molecule has 1 heterocycles. The Balaban J connectivity index is 2.25. The van der Waals surface area contributed by atoms with Crippen molar-refractivity contribution in [2.75, 3.05) is 6.54 Å². The summed E-state index contributed by atoms with van der Waals surface area (Å²) in [6.07, 6.45) is 1.01. The van der Waals surface area contributed by atoms with Crippen LogP contribution in [0.2, 0.25) is 0 Å². The van der Waals surface area contributed by atoms with Crippen molar-refractivity contribution in [1.29, 1.82) is 0 Å². The number of hydrazine groups is 1. The Morgan fingerprint density at radius 1 is 1.60 bits per heavy atom. The maximum atomic E-state index is 11.4. The summed E-state index contributed by atoms with van der Waals surface area (Å²) in [4.78, 5) is 11.4. The van der Waals surface area contributed by atoms with Gasteiger partial charge in [-0.1, -0.05) is 19.0 Å². The second-order valence-corrected chi connectivity index (χ2v) is 3.89. The van der Waals surface area contributed by atoms with Crippen LogP contribution in [0.3, 0.4) is 0 Å². The van der Waals surface area contributed by atoms with E-state index in [-0.39, 0.29) is 5.91 Å². The molecule has 0 aromatic carbocycles. The smallest absolute Gasteiger partial charge is 0.287 e. The van der Waals surface area contributed by atoms with E-state index in [2.05, 4.69) is 29.9 Å². The Morgan fingerprint density at radius 3 is 2.87 bits per heavy atom. The summed E-state index contributed by atoms with van der Waals surface area (Å²) in [5, 5.41) is 3.60. The van der Waals surface area contributed by atoms with Gasteiger partial charge in [0, 0.05) is 12.6 Å². The van der Waals surface area contributed by atoms with Crippen molar-refractivity contribution in [2.24, 2.45) is 5.92 Å². The molecule has 0 atom stereocenters. The van der Waals surface area contributed by atoms with Gasteiger partial charge in [0.25, 0.3) is 5.91 Å². The van der Waals surface area contributed by atoms with Gasteiger partial charge in [-0.2, -0.15) is 0 Å². The number of rotatable bonds is 5. The lowest BCUT2D eigenvalue weighted by atomic mass is 10.1. The van der Waals surface area contributed by atoms with Crippen molar-refractivity contribution in [3.63, 3.8) is 0 Å². The summed E-state index contributed by atoms with van der Waals surface area (Å²) in [5.41, 5.74) is 5.70. The molecule has 84 valence electrons. The maximum Gasteiger partial charge on any atom is 0.287 e. The SMILES string of the molecule is Cc1cc(C(=O)NNCCC(C)C)no1. The first-order valence-corrected chi connectivity index (χ1v) is 5.06. The zero-order valence-corrected chi connectivity index (χ0v) is 9.33. The van der Waals surface area contributed by atoms with E-state index in [0.29, 0.717) is 17.4 Å². The van der Waals surface area contributed by atoms with Gasteiger partial charge in [0.15, 0.2) is 5.69 Å². The molecule has 1 rings (SSSR count). The van der Waals surface area contributed by atoms with E-state index < -0.39 is 0 Å². The molecule has 15 heavy (non-hydrogen) atoms. The summed E-state index contributed by atoms with van der Waals surface area (Å²) in [6.45, 7) is 6.76. The first-order valence-electron chi connectivity index (χ1n) is 5.06. The molecule has 0 spiro atoms. The third-order valence-electron chi connectivity index (χ3n) is 1.91. The molecule has 0 aliphatic carbocycles. The average molecular weight is 211 g/mol. The van der Waals surface area contributed by atoms with E-state index >= 15 is 0 Å². The Bertz CT molecular complexity index is 320. The van der Waals surface area contributed by atoms with E-state index in [4.69, 9.17) is 4.52 Å². The number of hydrogen-bond donors (Lipinski definition) is 2.